The van der Waals surface area contributed by atoms with Crippen LogP contribution < -0.4 is 0 Å². The highest BCUT2D eigenvalue weighted by atomic mass is 32.2. The summed E-state index contributed by atoms with van der Waals surface area (Å²) in [6, 6.07) is 55.8. The van der Waals surface area contributed by atoms with Crippen LogP contribution in [0.5, 0.6) is 0 Å². The van der Waals surface area contributed by atoms with Gasteiger partial charge in [0.1, 0.15) is 11.2 Å². The molecule has 0 bridgehead atoms. The molecule has 1 spiro atoms. The number of hydrogen-bond donors (Lipinski definition) is 0. The van der Waals surface area contributed by atoms with Gasteiger partial charge in [-0.2, -0.15) is 0 Å². The van der Waals surface area contributed by atoms with Gasteiger partial charge in [0.2, 0.25) is 0 Å². The van der Waals surface area contributed by atoms with Crippen molar-refractivity contribution in [3.8, 4) is 16.8 Å². The van der Waals surface area contributed by atoms with Crippen LogP contribution in [0, 0.1) is 0 Å². The van der Waals surface area contributed by atoms with Crippen molar-refractivity contribution < 1.29 is 4.42 Å². The van der Waals surface area contributed by atoms with Crippen molar-refractivity contribution in [3.63, 3.8) is 0 Å². The van der Waals surface area contributed by atoms with Gasteiger partial charge in [0.15, 0.2) is 0 Å². The molecule has 7 aromatic carbocycles. The summed E-state index contributed by atoms with van der Waals surface area (Å²) in [4.78, 5) is 2.59. The van der Waals surface area contributed by atoms with Crippen molar-refractivity contribution in [2.24, 2.45) is 0 Å². The average Bonchev–Trinajstić information content (AvgIpc) is 3.67. The second kappa shape index (κ2) is 8.81. The lowest BCUT2D eigenvalue weighted by molar-refractivity contribution is 0.669. The van der Waals surface area contributed by atoms with Gasteiger partial charge >= 0.3 is 0 Å². The molecule has 2 aliphatic rings. The van der Waals surface area contributed by atoms with Gasteiger partial charge < -0.3 is 8.98 Å². The smallest absolute Gasteiger partial charge is 0.143 e. The molecule has 2 aliphatic heterocycles. The second-order valence-electron chi connectivity index (χ2n) is 12.4. The second-order valence-corrected chi connectivity index (χ2v) is 13.5. The summed E-state index contributed by atoms with van der Waals surface area (Å²) in [5.74, 6) is 0. The molecule has 9 aromatic rings. The Labute approximate surface area is 269 Å². The Morgan fingerprint density at radius 3 is 2.15 bits per heavy atom. The predicted molar refractivity (Wildman–Crippen MR) is 189 cm³/mol. The molecule has 46 heavy (non-hydrogen) atoms. The monoisotopic (exact) mass is 603 g/mol. The van der Waals surface area contributed by atoms with Gasteiger partial charge in [-0.05, 0) is 64.2 Å². The van der Waals surface area contributed by atoms with Crippen LogP contribution in [0.2, 0.25) is 0 Å². The fourth-order valence-electron chi connectivity index (χ4n) is 8.47. The first kappa shape index (κ1) is 24.8. The Balaban J connectivity index is 1.30. The van der Waals surface area contributed by atoms with Gasteiger partial charge in [-0.15, -0.1) is 0 Å². The highest BCUT2D eigenvalue weighted by Gasteiger charge is 2.49. The Morgan fingerprint density at radius 2 is 1.20 bits per heavy atom. The topological polar surface area (TPSA) is 18.1 Å². The van der Waals surface area contributed by atoms with Crippen molar-refractivity contribution in [1.82, 2.24) is 4.57 Å². The summed E-state index contributed by atoms with van der Waals surface area (Å²) in [6.07, 6.45) is 0. The molecule has 1 unspecified atom stereocenters. The average molecular weight is 604 g/mol. The molecule has 2 aromatic heterocycles. The zero-order valence-electron chi connectivity index (χ0n) is 24.7. The number of aromatic nitrogens is 1. The van der Waals surface area contributed by atoms with Crippen LogP contribution in [-0.2, 0) is 5.41 Å². The molecular weight excluding hydrogens is 579 g/mol. The number of para-hydroxylation sites is 5. The normalized spacial score (nSPS) is 16.3. The molecule has 0 radical (unpaired) electrons. The maximum Gasteiger partial charge on any atom is 0.143 e. The largest absolute Gasteiger partial charge is 0.455 e. The van der Waals surface area contributed by atoms with Crippen LogP contribution in [0.25, 0.3) is 60.6 Å². The maximum absolute atomic E-state index is 6.55. The zero-order valence-corrected chi connectivity index (χ0v) is 25.5. The summed E-state index contributed by atoms with van der Waals surface area (Å²) >= 11 is 1.88. The number of fused-ring (bicyclic) bond motifs is 14. The number of rotatable bonds is 1. The highest BCUT2D eigenvalue weighted by molar-refractivity contribution is 7.99. The van der Waals surface area contributed by atoms with Gasteiger partial charge in [0.05, 0.1) is 22.1 Å². The third kappa shape index (κ3) is 2.95. The quantitative estimate of drug-likeness (QED) is 0.186. The predicted octanol–water partition coefficient (Wildman–Crippen LogP) is 11.5. The highest BCUT2D eigenvalue weighted by Crippen LogP contribution is 2.61. The first-order valence-electron chi connectivity index (χ1n) is 15.8. The molecule has 3 heteroatoms. The van der Waals surface area contributed by atoms with E-state index in [4.69, 9.17) is 4.42 Å². The SMILES string of the molecule is c1ccc2c(c1)Sc1ccc(-c3cccc4c3oc3ccccc34)cc1C21c2ccccc2-n2c3ccccc3c3cccc1c32. The molecule has 4 heterocycles. The number of nitrogens with zero attached hydrogens (tertiary/aromatic N) is 1. The third-order valence-corrected chi connectivity index (χ3v) is 11.4. The lowest BCUT2D eigenvalue weighted by Crippen LogP contribution is -2.37. The lowest BCUT2D eigenvalue weighted by Gasteiger charge is -2.45. The van der Waals surface area contributed by atoms with E-state index in [1.807, 2.05) is 17.8 Å². The van der Waals surface area contributed by atoms with Gasteiger partial charge in [0.25, 0.3) is 0 Å². The Morgan fingerprint density at radius 1 is 0.500 bits per heavy atom. The molecule has 0 saturated heterocycles. The lowest BCUT2D eigenvalue weighted by atomic mass is 9.62. The molecule has 0 N–H and O–H groups in total. The molecule has 0 aliphatic carbocycles. The molecule has 0 saturated carbocycles. The van der Waals surface area contributed by atoms with Crippen molar-refractivity contribution in [2.75, 3.05) is 0 Å². The minimum Gasteiger partial charge on any atom is -0.455 e. The van der Waals surface area contributed by atoms with E-state index in [9.17, 15) is 0 Å². The Kier molecular flexibility index (Phi) is 4.74. The Bertz CT molecular complexity index is 2750. The summed E-state index contributed by atoms with van der Waals surface area (Å²) in [5.41, 5.74) is 12.7. The van der Waals surface area contributed by atoms with Gasteiger partial charge in [0, 0.05) is 36.9 Å². The molecule has 0 amide bonds. The first-order chi connectivity index (χ1) is 22.8. The van der Waals surface area contributed by atoms with E-state index in [0.717, 1.165) is 27.5 Å². The Hall–Kier alpha value is -5.51. The maximum atomic E-state index is 6.55. The van der Waals surface area contributed by atoms with Gasteiger partial charge in [-0.1, -0.05) is 127 Å². The molecule has 11 rings (SSSR count). The van der Waals surface area contributed by atoms with Gasteiger partial charge in [-0.25, -0.2) is 0 Å². The molecule has 1 atom stereocenters. The third-order valence-electron chi connectivity index (χ3n) is 10.3. The van der Waals surface area contributed by atoms with E-state index in [1.54, 1.807) is 0 Å². The molecule has 0 fully saturated rings. The van der Waals surface area contributed by atoms with Gasteiger partial charge in [-0.3, -0.25) is 0 Å². The van der Waals surface area contributed by atoms with Crippen LogP contribution in [0.3, 0.4) is 0 Å². The van der Waals surface area contributed by atoms with E-state index < -0.39 is 5.41 Å². The fourth-order valence-corrected chi connectivity index (χ4v) is 9.64. The zero-order chi connectivity index (χ0) is 30.0. The fraction of sp³-hybridized carbons (Fsp3) is 0.0233. The molecule has 214 valence electrons. The summed E-state index contributed by atoms with van der Waals surface area (Å²) in [7, 11) is 0. The van der Waals surface area contributed by atoms with Crippen LogP contribution in [0.4, 0.5) is 0 Å². The summed E-state index contributed by atoms with van der Waals surface area (Å²) < 4.78 is 9.05. The summed E-state index contributed by atoms with van der Waals surface area (Å²) in [6.45, 7) is 0. The van der Waals surface area contributed by atoms with Crippen LogP contribution >= 0.6 is 11.8 Å². The van der Waals surface area contributed by atoms with Crippen LogP contribution in [-0.4, -0.2) is 4.57 Å². The van der Waals surface area contributed by atoms with E-state index in [2.05, 4.69) is 150 Å². The standard InChI is InChI=1S/C43H25NOS/c1-5-19-36-28(11-1)30-14-10-18-34-41(30)44(36)37-20-6-3-16-32(37)43(34)33-17-4-8-22-39(33)46-40-24-23-26(25-35(40)43)27-13-9-15-31-29-12-2-7-21-38(29)45-42(27)31/h1-25H. The van der Waals surface area contributed by atoms with E-state index in [1.165, 1.54) is 65.1 Å². The minimum absolute atomic E-state index is 0.505. The van der Waals surface area contributed by atoms with Crippen molar-refractivity contribution >= 4 is 55.5 Å². The van der Waals surface area contributed by atoms with Crippen LogP contribution in [0.15, 0.2) is 166 Å². The molecule has 2 nitrogen and oxygen atoms in total. The number of hydrogen-bond acceptors (Lipinski definition) is 2. The minimum atomic E-state index is -0.505. The van der Waals surface area contributed by atoms with Crippen molar-refractivity contribution in [2.45, 2.75) is 15.2 Å². The number of benzene rings is 7. The number of furan rings is 1. The van der Waals surface area contributed by atoms with E-state index in [-0.39, 0.29) is 0 Å². The van der Waals surface area contributed by atoms with Crippen molar-refractivity contribution in [3.05, 3.63) is 174 Å². The summed E-state index contributed by atoms with van der Waals surface area (Å²) in [5, 5.41) is 4.88. The van der Waals surface area contributed by atoms with Crippen molar-refractivity contribution in [1.29, 1.82) is 0 Å². The first-order valence-corrected chi connectivity index (χ1v) is 16.6. The van der Waals surface area contributed by atoms with Crippen LogP contribution in [0.1, 0.15) is 22.3 Å². The molecular formula is C43H25NOS. The van der Waals surface area contributed by atoms with E-state index in [0.29, 0.717) is 0 Å². The van der Waals surface area contributed by atoms with E-state index >= 15 is 0 Å².